The number of Topliss-reactive ketones (excluding diaryl/α,β-unsaturated/α-hetero) is 1. The fraction of sp³-hybridized carbons (Fsp3) is 0.400. The number of carbonyl (C=O) groups is 4. The number of amides is 3. The number of aliphatic hydroxyl groups is 1. The van der Waals surface area contributed by atoms with Gasteiger partial charge in [-0.25, -0.2) is 0 Å². The molecule has 0 saturated carbocycles. The highest BCUT2D eigenvalue weighted by Gasteiger charge is 2.31. The van der Waals surface area contributed by atoms with Gasteiger partial charge in [0.25, 0.3) is 11.5 Å². The van der Waals surface area contributed by atoms with Crippen LogP contribution >= 0.6 is 0 Å². The number of nitrogens with two attached hydrogens (primary N) is 2. The monoisotopic (exact) mass is 514 g/mol. The van der Waals surface area contributed by atoms with Gasteiger partial charge < -0.3 is 32.5 Å². The molecule has 0 aliphatic rings. The number of para-hydroxylation sites is 1. The van der Waals surface area contributed by atoms with Gasteiger partial charge in [-0.15, -0.1) is 0 Å². The molecule has 0 bridgehead atoms. The molecule has 0 spiro atoms. The van der Waals surface area contributed by atoms with Crippen molar-refractivity contribution in [1.82, 2.24) is 20.5 Å². The summed E-state index contributed by atoms with van der Waals surface area (Å²) in [5.41, 5.74) is 11.5. The van der Waals surface area contributed by atoms with Gasteiger partial charge in [-0.2, -0.15) is 0 Å². The molecule has 2 aromatic rings. The van der Waals surface area contributed by atoms with Crippen LogP contribution in [0.25, 0.3) is 5.69 Å². The summed E-state index contributed by atoms with van der Waals surface area (Å²) in [5.74, 6) is -2.50. The molecule has 1 unspecified atom stereocenters. The van der Waals surface area contributed by atoms with Crippen LogP contribution in [0.15, 0.2) is 53.5 Å². The average molecular weight is 515 g/mol. The Bertz CT molecular complexity index is 1150. The van der Waals surface area contributed by atoms with Crippen molar-refractivity contribution in [3.63, 3.8) is 0 Å². The highest BCUT2D eigenvalue weighted by molar-refractivity contribution is 5.98. The minimum Gasteiger partial charge on any atom is -0.391 e. The van der Waals surface area contributed by atoms with E-state index in [0.29, 0.717) is 5.69 Å². The van der Waals surface area contributed by atoms with Gasteiger partial charge in [0.2, 0.25) is 11.8 Å². The number of ketones is 1. The predicted octanol–water partition coefficient (Wildman–Crippen LogP) is -1.43. The number of pyridine rings is 1. The number of nitrogens with one attached hydrogen (secondary N) is 3. The first-order valence-electron chi connectivity index (χ1n) is 11.9. The van der Waals surface area contributed by atoms with Crippen molar-refractivity contribution >= 4 is 23.5 Å². The fourth-order valence-electron chi connectivity index (χ4n) is 3.53. The molecular weight excluding hydrogens is 480 g/mol. The zero-order valence-electron chi connectivity index (χ0n) is 20.8. The first-order valence-corrected chi connectivity index (χ1v) is 11.9. The van der Waals surface area contributed by atoms with Crippen molar-refractivity contribution in [2.45, 2.75) is 50.9 Å². The van der Waals surface area contributed by atoms with E-state index < -0.39 is 42.0 Å². The third-order valence-electron chi connectivity index (χ3n) is 5.64. The number of nitrogens with zero attached hydrogens (tertiary/aromatic N) is 1. The van der Waals surface area contributed by atoms with Crippen LogP contribution in [0.5, 0.6) is 0 Å². The molecule has 0 aliphatic carbocycles. The molecule has 12 nitrogen and oxygen atoms in total. The molecule has 0 saturated heterocycles. The molecule has 0 fully saturated rings. The molecule has 0 aliphatic heterocycles. The molecule has 2 rings (SSSR count). The van der Waals surface area contributed by atoms with Crippen LogP contribution in [0, 0.1) is 0 Å². The molecule has 4 atom stereocenters. The Labute approximate surface area is 214 Å². The highest BCUT2D eigenvalue weighted by Crippen LogP contribution is 2.07. The third kappa shape index (κ3) is 8.07. The summed E-state index contributed by atoms with van der Waals surface area (Å²) in [6.07, 6.45) is 0.219. The van der Waals surface area contributed by atoms with Gasteiger partial charge in [0.15, 0.2) is 5.78 Å². The smallest absolute Gasteiger partial charge is 0.255 e. The Morgan fingerprint density at radius 3 is 2.19 bits per heavy atom. The average Bonchev–Trinajstić information content (AvgIpc) is 2.89. The van der Waals surface area contributed by atoms with Crippen LogP contribution in [0.4, 0.5) is 0 Å². The zero-order chi connectivity index (χ0) is 27.5. The van der Waals surface area contributed by atoms with Crippen LogP contribution in [-0.2, 0) is 14.4 Å². The first kappa shape index (κ1) is 29.4. The van der Waals surface area contributed by atoms with Crippen LogP contribution in [0.1, 0.15) is 37.0 Å². The molecule has 200 valence electrons. The summed E-state index contributed by atoms with van der Waals surface area (Å²) < 4.78 is 1.30. The van der Waals surface area contributed by atoms with Gasteiger partial charge >= 0.3 is 0 Å². The van der Waals surface area contributed by atoms with E-state index >= 15 is 0 Å². The first-order chi connectivity index (χ1) is 17.6. The molecule has 1 aromatic carbocycles. The molecule has 37 heavy (non-hydrogen) atoms. The minimum atomic E-state index is -1.41. The van der Waals surface area contributed by atoms with Crippen molar-refractivity contribution in [3.05, 3.63) is 64.6 Å². The SMILES string of the molecule is CCC(=O)[C@H](CN)NC(=O)[C@@H](NC(=O)[C@H](CCN)NC(=O)c1ccc(=O)n(-c2ccccc2)c1)C(C)O. The molecule has 3 amide bonds. The largest absolute Gasteiger partial charge is 0.391 e. The van der Waals surface area contributed by atoms with E-state index in [0.717, 1.165) is 0 Å². The second-order valence-corrected chi connectivity index (χ2v) is 8.41. The number of hydrogen-bond acceptors (Lipinski definition) is 8. The van der Waals surface area contributed by atoms with E-state index in [1.807, 2.05) is 0 Å². The Morgan fingerprint density at radius 2 is 1.62 bits per heavy atom. The maximum absolute atomic E-state index is 13.0. The summed E-state index contributed by atoms with van der Waals surface area (Å²) in [6.45, 7) is 2.81. The van der Waals surface area contributed by atoms with Crippen LogP contribution < -0.4 is 33.0 Å². The molecule has 1 aromatic heterocycles. The number of carbonyl (C=O) groups excluding carboxylic acids is 4. The molecule has 12 heteroatoms. The number of benzene rings is 1. The van der Waals surface area contributed by atoms with Gasteiger partial charge in [0.05, 0.1) is 17.7 Å². The van der Waals surface area contributed by atoms with Gasteiger partial charge in [-0.1, -0.05) is 25.1 Å². The standard InChI is InChI=1S/C25H34N6O6/c1-3-20(33)19(13-27)29-25(37)22(15(2)32)30-24(36)18(11-12-26)28-23(35)16-9-10-21(34)31(14-16)17-7-5-4-6-8-17/h4-10,14-15,18-19,22,32H,3,11-13,26-27H2,1-2H3,(H,28,35)(H,29,37)(H,30,36)/t15?,18-,19-,22-/m0/s1. The van der Waals surface area contributed by atoms with Gasteiger partial charge in [-0.3, -0.25) is 28.5 Å². The second kappa shape index (κ2) is 14.0. The lowest BCUT2D eigenvalue weighted by molar-refractivity contribution is -0.134. The summed E-state index contributed by atoms with van der Waals surface area (Å²) in [7, 11) is 0. The lowest BCUT2D eigenvalue weighted by Gasteiger charge is -2.26. The molecular formula is C25H34N6O6. The number of hydrogen-bond donors (Lipinski definition) is 6. The Morgan fingerprint density at radius 1 is 0.946 bits per heavy atom. The van der Waals surface area contributed by atoms with E-state index in [-0.39, 0.29) is 42.8 Å². The highest BCUT2D eigenvalue weighted by atomic mass is 16.3. The maximum atomic E-state index is 13.0. The minimum absolute atomic E-state index is 0.0315. The van der Waals surface area contributed by atoms with Crippen molar-refractivity contribution in [2.75, 3.05) is 13.1 Å². The van der Waals surface area contributed by atoms with Crippen molar-refractivity contribution in [2.24, 2.45) is 11.5 Å². The van der Waals surface area contributed by atoms with Crippen molar-refractivity contribution < 1.29 is 24.3 Å². The van der Waals surface area contributed by atoms with Gasteiger partial charge in [0, 0.05) is 30.9 Å². The van der Waals surface area contributed by atoms with Crippen molar-refractivity contribution in [3.8, 4) is 5.69 Å². The fourth-order valence-corrected chi connectivity index (χ4v) is 3.53. The van der Waals surface area contributed by atoms with Gasteiger partial charge in [-0.05, 0) is 38.1 Å². The van der Waals surface area contributed by atoms with E-state index in [1.165, 1.54) is 29.8 Å². The lowest BCUT2D eigenvalue weighted by atomic mass is 10.1. The summed E-state index contributed by atoms with van der Waals surface area (Å²) in [6, 6.07) is 7.75. The zero-order valence-corrected chi connectivity index (χ0v) is 20.8. The van der Waals surface area contributed by atoms with Gasteiger partial charge in [0.1, 0.15) is 12.1 Å². The molecule has 8 N–H and O–H groups in total. The topological polar surface area (TPSA) is 199 Å². The second-order valence-electron chi connectivity index (χ2n) is 8.41. The van der Waals surface area contributed by atoms with E-state index in [9.17, 15) is 29.1 Å². The maximum Gasteiger partial charge on any atom is 0.255 e. The van der Waals surface area contributed by atoms with E-state index in [1.54, 1.807) is 37.3 Å². The number of aromatic nitrogens is 1. The number of rotatable bonds is 13. The van der Waals surface area contributed by atoms with Crippen LogP contribution in [0.2, 0.25) is 0 Å². The molecule has 0 radical (unpaired) electrons. The van der Waals surface area contributed by atoms with Crippen LogP contribution in [-0.4, -0.2) is 70.5 Å². The van der Waals surface area contributed by atoms with Crippen LogP contribution in [0.3, 0.4) is 0 Å². The van der Waals surface area contributed by atoms with E-state index in [2.05, 4.69) is 16.0 Å². The summed E-state index contributed by atoms with van der Waals surface area (Å²) >= 11 is 0. The summed E-state index contributed by atoms with van der Waals surface area (Å²) in [5, 5.41) is 17.5. The Kier molecular flexibility index (Phi) is 11.1. The third-order valence-corrected chi connectivity index (χ3v) is 5.64. The summed E-state index contributed by atoms with van der Waals surface area (Å²) in [4.78, 5) is 62.9. The Hall–Kier alpha value is -3.87. The van der Waals surface area contributed by atoms with Crippen molar-refractivity contribution in [1.29, 1.82) is 0 Å². The Balaban J connectivity index is 2.19. The quantitative estimate of drug-likeness (QED) is 0.187. The molecule has 1 heterocycles. The lowest BCUT2D eigenvalue weighted by Crippen LogP contribution is -2.60. The van der Waals surface area contributed by atoms with E-state index in [4.69, 9.17) is 11.5 Å². The number of aliphatic hydroxyl groups excluding tert-OH is 1. The predicted molar refractivity (Wildman–Crippen MR) is 137 cm³/mol. The normalized spacial score (nSPS) is 14.1.